The van der Waals surface area contributed by atoms with E-state index in [0.29, 0.717) is 36.3 Å². The summed E-state index contributed by atoms with van der Waals surface area (Å²) in [5.41, 5.74) is -0.520. The fraction of sp³-hybridized carbons (Fsp3) is 0.654. The summed E-state index contributed by atoms with van der Waals surface area (Å²) in [6.45, 7) is 4.33. The Morgan fingerprint density at radius 2 is 1.79 bits per heavy atom. The van der Waals surface area contributed by atoms with Crippen LogP contribution in [0.3, 0.4) is 0 Å². The van der Waals surface area contributed by atoms with Crippen molar-refractivity contribution in [3.05, 3.63) is 41.5 Å². The maximum atomic E-state index is 13.5. The first kappa shape index (κ1) is 21.4. The second kappa shape index (κ2) is 6.28. The molecule has 6 aliphatic rings. The van der Waals surface area contributed by atoms with Crippen molar-refractivity contribution in [3.63, 3.8) is 0 Å². The molecule has 2 spiro atoms. The molecule has 182 valence electrons. The average molecular weight is 471 g/mol. The molecule has 8 heteroatoms. The first-order valence-electron chi connectivity index (χ1n) is 12.4. The topological polar surface area (TPSA) is 119 Å². The molecule has 1 aromatic heterocycles. The molecular weight excluding hydrogens is 439 g/mol. The minimum Gasteiger partial charge on any atom is -0.392 e. The van der Waals surface area contributed by atoms with E-state index in [9.17, 15) is 24.8 Å². The highest BCUT2D eigenvalue weighted by atomic mass is 19.1. The van der Waals surface area contributed by atoms with Crippen molar-refractivity contribution in [2.45, 2.75) is 75.0 Å². The lowest BCUT2D eigenvalue weighted by molar-refractivity contribution is -0.449. The van der Waals surface area contributed by atoms with Crippen molar-refractivity contribution >= 4 is 0 Å². The number of rotatable bonds is 1. The van der Waals surface area contributed by atoms with Gasteiger partial charge in [-0.1, -0.05) is 13.8 Å². The van der Waals surface area contributed by atoms with Crippen LogP contribution in [0.1, 0.15) is 56.8 Å². The summed E-state index contributed by atoms with van der Waals surface area (Å²) in [5.74, 6) is -2.82. The molecule has 5 fully saturated rings. The van der Waals surface area contributed by atoms with Gasteiger partial charge in [0.2, 0.25) is 5.79 Å². The van der Waals surface area contributed by atoms with E-state index in [1.807, 2.05) is 0 Å². The number of ether oxygens (including phenoxy) is 1. The van der Waals surface area contributed by atoms with E-state index in [4.69, 9.17) is 9.72 Å². The van der Waals surface area contributed by atoms with Crippen LogP contribution in [-0.4, -0.2) is 61.1 Å². The molecule has 4 aliphatic carbocycles. The molecule has 9 atom stereocenters. The number of benzene rings is 1. The Morgan fingerprint density at radius 1 is 1.06 bits per heavy atom. The van der Waals surface area contributed by atoms with Crippen LogP contribution < -0.4 is 0 Å². The van der Waals surface area contributed by atoms with Crippen molar-refractivity contribution in [3.8, 4) is 11.4 Å². The van der Waals surface area contributed by atoms with Crippen LogP contribution in [0.2, 0.25) is 0 Å². The summed E-state index contributed by atoms with van der Waals surface area (Å²) < 4.78 is 19.6. The highest BCUT2D eigenvalue weighted by molar-refractivity contribution is 5.59. The third-order valence-electron chi connectivity index (χ3n) is 10.4. The molecule has 2 aromatic rings. The lowest BCUT2D eigenvalue weighted by Crippen LogP contribution is -2.86. The fourth-order valence-electron chi connectivity index (χ4n) is 9.14. The van der Waals surface area contributed by atoms with Crippen molar-refractivity contribution in [1.29, 1.82) is 0 Å². The Morgan fingerprint density at radius 3 is 2.53 bits per heavy atom. The van der Waals surface area contributed by atoms with Gasteiger partial charge < -0.3 is 30.1 Å². The Balaban J connectivity index is 1.48. The molecule has 0 amide bonds. The summed E-state index contributed by atoms with van der Waals surface area (Å²) in [6, 6.07) is 6.01. The van der Waals surface area contributed by atoms with Crippen molar-refractivity contribution in [1.82, 2.24) is 9.97 Å². The Labute approximate surface area is 197 Å². The number of nitrogens with zero attached hydrogens (tertiary/aromatic N) is 1. The molecule has 4 bridgehead atoms. The summed E-state index contributed by atoms with van der Waals surface area (Å²) >= 11 is 0. The maximum absolute atomic E-state index is 13.5. The number of hydrogen-bond donors (Lipinski definition) is 5. The predicted octanol–water partition coefficient (Wildman–Crippen LogP) is 2.20. The van der Waals surface area contributed by atoms with Crippen LogP contribution >= 0.6 is 0 Å². The molecule has 0 radical (unpaired) electrons. The number of aromatic nitrogens is 2. The maximum Gasteiger partial charge on any atom is 0.206 e. The number of hydrogen-bond acceptors (Lipinski definition) is 6. The summed E-state index contributed by atoms with van der Waals surface area (Å²) in [7, 11) is 0. The van der Waals surface area contributed by atoms with Gasteiger partial charge in [-0.25, -0.2) is 9.37 Å². The third kappa shape index (κ3) is 2.08. The second-order valence-corrected chi connectivity index (χ2v) is 12.0. The predicted molar refractivity (Wildman–Crippen MR) is 119 cm³/mol. The number of aromatic amines is 1. The van der Waals surface area contributed by atoms with Crippen molar-refractivity contribution in [2.75, 3.05) is 6.61 Å². The Kier molecular flexibility index (Phi) is 3.96. The summed E-state index contributed by atoms with van der Waals surface area (Å²) in [5, 5.41) is 47.3. The van der Waals surface area contributed by atoms with Gasteiger partial charge in [0.25, 0.3) is 0 Å². The highest BCUT2D eigenvalue weighted by Gasteiger charge is 2.85. The molecule has 8 rings (SSSR count). The van der Waals surface area contributed by atoms with E-state index < -0.39 is 34.9 Å². The number of aliphatic hydroxyl groups is 4. The lowest BCUT2D eigenvalue weighted by Gasteiger charge is -2.75. The monoisotopic (exact) mass is 470 g/mol. The quantitative estimate of drug-likeness (QED) is 0.436. The standard InChI is InChI=1S/C26H31FN2O5/c1-23(2)10-9-16(30)24-11-34-26(33,21(32)18(23)24)25-15(24)8-7-14(20(25)31)17-19(25)29-22(28-17)12-3-5-13(27)6-4-12/h3-6,14-16,18,20-21,30-33H,7-11H2,1-2H3,(H,28,29)/t14-,15?,16-,18?,20+,21-,24+,25?,26-/m0/s1. The summed E-state index contributed by atoms with van der Waals surface area (Å²) in [4.78, 5) is 8.23. The SMILES string of the molecule is CC1(C)CC[C@H](O)[C@]23CO[C@@](O)([C@@H](O)C12)C12c4nc(-c5ccc(F)cc5)[nH]c4[C@H](CCC13)[C@H]2O. The van der Waals surface area contributed by atoms with Gasteiger partial charge in [0, 0.05) is 28.5 Å². The lowest BCUT2D eigenvalue weighted by atomic mass is 9.35. The van der Waals surface area contributed by atoms with Gasteiger partial charge in [-0.3, -0.25) is 0 Å². The van der Waals surface area contributed by atoms with Gasteiger partial charge in [-0.15, -0.1) is 0 Å². The largest absolute Gasteiger partial charge is 0.392 e. The molecule has 3 unspecified atom stereocenters. The first-order chi connectivity index (χ1) is 16.1. The zero-order chi connectivity index (χ0) is 23.8. The van der Waals surface area contributed by atoms with Gasteiger partial charge in [0.15, 0.2) is 0 Å². The van der Waals surface area contributed by atoms with Crippen molar-refractivity contribution < 1.29 is 29.6 Å². The highest BCUT2D eigenvalue weighted by Crippen LogP contribution is 2.76. The minimum absolute atomic E-state index is 0.143. The zero-order valence-electron chi connectivity index (χ0n) is 19.3. The van der Waals surface area contributed by atoms with Crippen LogP contribution in [0.4, 0.5) is 4.39 Å². The van der Waals surface area contributed by atoms with Crippen LogP contribution in [0.15, 0.2) is 24.3 Å². The zero-order valence-corrected chi connectivity index (χ0v) is 19.3. The summed E-state index contributed by atoms with van der Waals surface area (Å²) in [6.07, 6.45) is -0.307. The van der Waals surface area contributed by atoms with E-state index >= 15 is 0 Å². The van der Waals surface area contributed by atoms with E-state index in [2.05, 4.69) is 18.8 Å². The molecule has 2 aliphatic heterocycles. The van der Waals surface area contributed by atoms with Crippen LogP contribution in [0.5, 0.6) is 0 Å². The molecule has 1 aromatic carbocycles. The molecule has 3 saturated carbocycles. The second-order valence-electron chi connectivity index (χ2n) is 12.0. The van der Waals surface area contributed by atoms with Crippen molar-refractivity contribution in [2.24, 2.45) is 22.7 Å². The van der Waals surface area contributed by atoms with Gasteiger partial charge >= 0.3 is 0 Å². The van der Waals surface area contributed by atoms with E-state index in [0.717, 1.165) is 12.1 Å². The van der Waals surface area contributed by atoms with Gasteiger partial charge in [-0.2, -0.15) is 0 Å². The molecule has 2 saturated heterocycles. The fourth-order valence-corrected chi connectivity index (χ4v) is 9.14. The van der Waals surface area contributed by atoms with Crippen LogP contribution in [0, 0.1) is 28.5 Å². The molecule has 5 N–H and O–H groups in total. The molecule has 3 heterocycles. The number of halogens is 1. The first-order valence-corrected chi connectivity index (χ1v) is 12.4. The molecular formula is C26H31FN2O5. The van der Waals surface area contributed by atoms with E-state index in [-0.39, 0.29) is 35.6 Å². The molecule has 7 nitrogen and oxygen atoms in total. The number of imidazole rings is 1. The third-order valence-corrected chi connectivity index (χ3v) is 10.4. The number of aliphatic hydroxyl groups excluding tert-OH is 3. The van der Waals surface area contributed by atoms with Crippen LogP contribution in [0.25, 0.3) is 11.4 Å². The number of H-pyrrole nitrogens is 1. The number of nitrogens with one attached hydrogen (secondary N) is 1. The Hall–Kier alpha value is -1.84. The van der Waals surface area contributed by atoms with E-state index in [1.54, 1.807) is 12.1 Å². The van der Waals surface area contributed by atoms with Gasteiger partial charge in [0.1, 0.15) is 23.2 Å². The minimum atomic E-state index is -2.03. The normalized spacial score (nSPS) is 47.7. The van der Waals surface area contributed by atoms with Crippen LogP contribution in [-0.2, 0) is 10.2 Å². The average Bonchev–Trinajstić information content (AvgIpc) is 3.27. The smallest absolute Gasteiger partial charge is 0.206 e. The van der Waals surface area contributed by atoms with Gasteiger partial charge in [0.05, 0.1) is 24.5 Å². The Bertz CT molecular complexity index is 1180. The number of fused-ring (bicyclic) bond motifs is 4. The van der Waals surface area contributed by atoms with Gasteiger partial charge in [-0.05, 0) is 61.3 Å². The van der Waals surface area contributed by atoms with E-state index in [1.165, 1.54) is 12.1 Å². The molecule has 34 heavy (non-hydrogen) atoms.